The molecule has 0 unspecified atom stereocenters. The van der Waals surface area contributed by atoms with E-state index in [-0.39, 0.29) is 5.97 Å². The topological polar surface area (TPSA) is 47.9 Å². The van der Waals surface area contributed by atoms with Gasteiger partial charge in [0.05, 0.1) is 7.11 Å². The molecule has 0 saturated heterocycles. The number of carbonyl (C=O) groups excluding carboxylic acids is 1. The molecule has 2 rings (SSSR count). The fraction of sp³-hybridized carbons (Fsp3) is 0.333. The maximum absolute atomic E-state index is 11.6. The number of aliphatic imine (C=N–C) groups is 1. The van der Waals surface area contributed by atoms with Gasteiger partial charge in [-0.25, -0.2) is 9.79 Å². The lowest BCUT2D eigenvalue weighted by molar-refractivity contribution is -0.146. The van der Waals surface area contributed by atoms with Gasteiger partial charge in [0, 0.05) is 0 Å². The first-order chi connectivity index (χ1) is 7.68. The van der Waals surface area contributed by atoms with E-state index in [0.29, 0.717) is 0 Å². The monoisotopic (exact) mass is 219 g/mol. The summed E-state index contributed by atoms with van der Waals surface area (Å²) in [6.07, 6.45) is 1.31. The molecule has 0 amide bonds. The van der Waals surface area contributed by atoms with Crippen LogP contribution in [0.15, 0.2) is 35.3 Å². The molecule has 16 heavy (non-hydrogen) atoms. The van der Waals surface area contributed by atoms with Gasteiger partial charge >= 0.3 is 5.97 Å². The molecule has 0 bridgehead atoms. The summed E-state index contributed by atoms with van der Waals surface area (Å²) in [5.41, 5.74) is 0.136. The molecule has 0 radical (unpaired) electrons. The third-order valence-electron chi connectivity index (χ3n) is 2.80. The zero-order valence-corrected chi connectivity index (χ0v) is 9.21. The summed E-state index contributed by atoms with van der Waals surface area (Å²) in [4.78, 5) is 15.6. The molecule has 4 heteroatoms. The highest BCUT2D eigenvalue weighted by Crippen LogP contribution is 2.34. The Kier molecular flexibility index (Phi) is 2.64. The van der Waals surface area contributed by atoms with E-state index in [1.54, 1.807) is 0 Å². The van der Waals surface area contributed by atoms with Gasteiger partial charge in [0.25, 0.3) is 0 Å². The van der Waals surface area contributed by atoms with Gasteiger partial charge in [-0.3, -0.25) is 0 Å². The van der Waals surface area contributed by atoms with Crippen LogP contribution in [-0.2, 0) is 19.9 Å². The smallest absolute Gasteiger partial charge is 0.335 e. The van der Waals surface area contributed by atoms with Crippen LogP contribution in [0.4, 0.5) is 0 Å². The van der Waals surface area contributed by atoms with Crippen LogP contribution in [0.25, 0.3) is 0 Å². The first kappa shape index (κ1) is 10.7. The predicted octanol–water partition coefficient (Wildman–Crippen LogP) is 1.50. The molecule has 0 spiro atoms. The quantitative estimate of drug-likeness (QED) is 0.708. The van der Waals surface area contributed by atoms with Crippen LogP contribution in [-0.4, -0.2) is 25.5 Å². The van der Waals surface area contributed by atoms with Crippen LogP contribution in [0.1, 0.15) is 12.5 Å². The molecule has 4 nitrogen and oxygen atoms in total. The molecule has 1 aliphatic rings. The molecule has 0 aliphatic carbocycles. The van der Waals surface area contributed by atoms with E-state index in [1.807, 2.05) is 37.3 Å². The van der Waals surface area contributed by atoms with Crippen molar-refractivity contribution in [3.8, 4) is 0 Å². The molecule has 1 aliphatic heterocycles. The Labute approximate surface area is 93.9 Å². The minimum Gasteiger partial charge on any atom is -0.470 e. The molecule has 0 N–H and O–H groups in total. The van der Waals surface area contributed by atoms with E-state index in [0.717, 1.165) is 5.56 Å². The first-order valence-electron chi connectivity index (χ1n) is 5.01. The third-order valence-corrected chi connectivity index (χ3v) is 2.80. The molecule has 0 aromatic heterocycles. The number of carbonyl (C=O) groups is 1. The van der Waals surface area contributed by atoms with Gasteiger partial charge in [-0.15, -0.1) is 0 Å². The zero-order chi connectivity index (χ0) is 11.6. The number of methoxy groups -OCH3 is 1. The third kappa shape index (κ3) is 1.56. The van der Waals surface area contributed by atoms with Crippen molar-refractivity contribution in [2.75, 3.05) is 7.11 Å². The van der Waals surface area contributed by atoms with Crippen molar-refractivity contribution in [2.45, 2.75) is 18.6 Å². The summed E-state index contributed by atoms with van der Waals surface area (Å²) in [5.74, 6) is -0.389. The second-order valence-corrected chi connectivity index (χ2v) is 3.77. The Hall–Kier alpha value is -1.84. The predicted molar refractivity (Wildman–Crippen MR) is 59.2 cm³/mol. The van der Waals surface area contributed by atoms with Crippen molar-refractivity contribution in [1.29, 1.82) is 0 Å². The molecule has 1 heterocycles. The summed E-state index contributed by atoms with van der Waals surface area (Å²) in [5, 5.41) is 0. The summed E-state index contributed by atoms with van der Waals surface area (Å²) < 4.78 is 10.2. The Morgan fingerprint density at radius 2 is 2.12 bits per heavy atom. The fourth-order valence-corrected chi connectivity index (χ4v) is 1.80. The molecular weight excluding hydrogens is 206 g/mol. The lowest BCUT2D eigenvalue weighted by Crippen LogP contribution is -2.39. The summed E-state index contributed by atoms with van der Waals surface area (Å²) >= 11 is 0. The van der Waals surface area contributed by atoms with Crippen LogP contribution < -0.4 is 0 Å². The molecule has 1 aromatic carbocycles. The largest absolute Gasteiger partial charge is 0.470 e. The van der Waals surface area contributed by atoms with Crippen molar-refractivity contribution < 1.29 is 14.3 Å². The van der Waals surface area contributed by atoms with E-state index in [4.69, 9.17) is 9.47 Å². The van der Waals surface area contributed by atoms with Crippen molar-refractivity contribution in [2.24, 2.45) is 4.99 Å². The second-order valence-electron chi connectivity index (χ2n) is 3.77. The number of hydrogen-bond acceptors (Lipinski definition) is 4. The molecule has 2 atom stereocenters. The SMILES string of the molecule is COC(=O)[C@H]1N=CO[C@]1(C)c1ccccc1. The summed E-state index contributed by atoms with van der Waals surface area (Å²) in [7, 11) is 1.35. The van der Waals surface area contributed by atoms with E-state index in [9.17, 15) is 4.79 Å². The number of ether oxygens (including phenoxy) is 2. The van der Waals surface area contributed by atoms with E-state index in [1.165, 1.54) is 13.5 Å². The fourth-order valence-electron chi connectivity index (χ4n) is 1.80. The minimum atomic E-state index is -0.769. The molecule has 84 valence electrons. The molecular formula is C12H13NO3. The zero-order valence-electron chi connectivity index (χ0n) is 9.21. The number of benzene rings is 1. The Bertz CT molecular complexity index is 416. The molecule has 1 aromatic rings. The van der Waals surface area contributed by atoms with Gasteiger partial charge < -0.3 is 9.47 Å². The van der Waals surface area contributed by atoms with Crippen LogP contribution >= 0.6 is 0 Å². The Balaban J connectivity index is 2.35. The standard InChI is InChI=1S/C12H13NO3/c1-12(9-6-4-3-5-7-9)10(11(14)15-2)13-8-16-12/h3-8,10H,1-2H3/t10-,12-/m1/s1. The van der Waals surface area contributed by atoms with Crippen LogP contribution in [0.3, 0.4) is 0 Å². The van der Waals surface area contributed by atoms with Crippen LogP contribution in [0.2, 0.25) is 0 Å². The maximum Gasteiger partial charge on any atom is 0.335 e. The number of nitrogens with zero attached hydrogens (tertiary/aromatic N) is 1. The van der Waals surface area contributed by atoms with Crippen molar-refractivity contribution in [3.63, 3.8) is 0 Å². The van der Waals surface area contributed by atoms with Crippen molar-refractivity contribution in [1.82, 2.24) is 0 Å². The van der Waals surface area contributed by atoms with E-state index in [2.05, 4.69) is 4.99 Å². The summed E-state index contributed by atoms with van der Waals surface area (Å²) in [6, 6.07) is 8.89. The molecule has 0 fully saturated rings. The van der Waals surface area contributed by atoms with Crippen molar-refractivity contribution in [3.05, 3.63) is 35.9 Å². The van der Waals surface area contributed by atoms with E-state index < -0.39 is 11.6 Å². The highest BCUT2D eigenvalue weighted by Gasteiger charge is 2.46. The van der Waals surface area contributed by atoms with Gasteiger partial charge in [-0.2, -0.15) is 0 Å². The van der Waals surface area contributed by atoms with Gasteiger partial charge in [0.2, 0.25) is 0 Å². The van der Waals surface area contributed by atoms with Crippen LogP contribution in [0, 0.1) is 0 Å². The number of rotatable bonds is 2. The average Bonchev–Trinajstić information content (AvgIpc) is 2.73. The minimum absolute atomic E-state index is 0.389. The lowest BCUT2D eigenvalue weighted by Gasteiger charge is -2.27. The maximum atomic E-state index is 11.6. The number of esters is 1. The average molecular weight is 219 g/mol. The Morgan fingerprint density at radius 3 is 2.75 bits per heavy atom. The number of hydrogen-bond donors (Lipinski definition) is 0. The van der Waals surface area contributed by atoms with Gasteiger partial charge in [0.15, 0.2) is 18.0 Å². The summed E-state index contributed by atoms with van der Waals surface area (Å²) in [6.45, 7) is 1.83. The van der Waals surface area contributed by atoms with Gasteiger partial charge in [-0.1, -0.05) is 30.3 Å². The van der Waals surface area contributed by atoms with Gasteiger partial charge in [-0.05, 0) is 12.5 Å². The van der Waals surface area contributed by atoms with Crippen LogP contribution in [0.5, 0.6) is 0 Å². The van der Waals surface area contributed by atoms with Gasteiger partial charge in [0.1, 0.15) is 0 Å². The first-order valence-corrected chi connectivity index (χ1v) is 5.01. The van der Waals surface area contributed by atoms with E-state index >= 15 is 0 Å². The molecule has 0 saturated carbocycles. The normalized spacial score (nSPS) is 27.5. The Morgan fingerprint density at radius 1 is 1.44 bits per heavy atom. The lowest BCUT2D eigenvalue weighted by atomic mass is 9.89. The second kappa shape index (κ2) is 3.96. The highest BCUT2D eigenvalue weighted by atomic mass is 16.5. The highest BCUT2D eigenvalue weighted by molar-refractivity contribution is 5.81. The van der Waals surface area contributed by atoms with Crippen molar-refractivity contribution >= 4 is 12.4 Å².